The van der Waals surface area contributed by atoms with Crippen LogP contribution >= 0.6 is 0 Å². The van der Waals surface area contributed by atoms with Crippen molar-refractivity contribution in [2.75, 3.05) is 25.6 Å². The fourth-order valence-corrected chi connectivity index (χ4v) is 3.14. The molecule has 7 heteroatoms. The van der Waals surface area contributed by atoms with Crippen LogP contribution in [0.25, 0.3) is 0 Å². The molecular formula is C24H22N2O5. The van der Waals surface area contributed by atoms with E-state index in [1.807, 2.05) is 24.3 Å². The number of carbonyl (C=O) groups excluding carboxylic acids is 2. The third kappa shape index (κ3) is 4.95. The summed E-state index contributed by atoms with van der Waals surface area (Å²) in [7, 11) is 1.55. The highest BCUT2D eigenvalue weighted by molar-refractivity contribution is 6.04. The molecule has 158 valence electrons. The summed E-state index contributed by atoms with van der Waals surface area (Å²) in [6.45, 7) is 0.689. The predicted octanol–water partition coefficient (Wildman–Crippen LogP) is 3.52. The van der Waals surface area contributed by atoms with Crippen LogP contribution in [-0.4, -0.2) is 38.2 Å². The third-order valence-electron chi connectivity index (χ3n) is 4.79. The zero-order chi connectivity index (χ0) is 21.6. The van der Waals surface area contributed by atoms with Crippen LogP contribution in [0.3, 0.4) is 0 Å². The summed E-state index contributed by atoms with van der Waals surface area (Å²) in [5, 5.41) is 5.66. The lowest BCUT2D eigenvalue weighted by molar-refractivity contribution is 0.0789. The van der Waals surface area contributed by atoms with E-state index in [4.69, 9.17) is 14.2 Å². The van der Waals surface area contributed by atoms with Crippen molar-refractivity contribution in [2.24, 2.45) is 0 Å². The summed E-state index contributed by atoms with van der Waals surface area (Å²) in [4.78, 5) is 24.8. The van der Waals surface area contributed by atoms with Crippen LogP contribution in [0.5, 0.6) is 17.2 Å². The molecule has 0 saturated heterocycles. The molecule has 0 aliphatic carbocycles. The van der Waals surface area contributed by atoms with Crippen LogP contribution in [0, 0.1) is 0 Å². The van der Waals surface area contributed by atoms with Crippen LogP contribution in [0.1, 0.15) is 20.7 Å². The second-order valence-electron chi connectivity index (χ2n) is 6.97. The standard InChI is InChI=1S/C24H22N2O5/c1-29-19-6-4-5-17(13-19)24(28)26-18-11-9-16(10-12-18)23(27)25-14-20-15-30-21-7-2-3-8-22(21)31-20/h2-13,20H,14-15H2,1H3,(H,25,27)(H,26,28). The van der Waals surface area contributed by atoms with E-state index in [2.05, 4.69) is 10.6 Å². The lowest BCUT2D eigenvalue weighted by Gasteiger charge is -2.26. The summed E-state index contributed by atoms with van der Waals surface area (Å²) in [5.74, 6) is 1.50. The quantitative estimate of drug-likeness (QED) is 0.640. The van der Waals surface area contributed by atoms with Crippen molar-refractivity contribution < 1.29 is 23.8 Å². The first-order valence-corrected chi connectivity index (χ1v) is 9.84. The molecule has 4 rings (SSSR count). The molecule has 31 heavy (non-hydrogen) atoms. The summed E-state index contributed by atoms with van der Waals surface area (Å²) >= 11 is 0. The highest BCUT2D eigenvalue weighted by atomic mass is 16.6. The average Bonchev–Trinajstić information content (AvgIpc) is 2.83. The van der Waals surface area contributed by atoms with E-state index in [0.717, 1.165) is 0 Å². The summed E-state index contributed by atoms with van der Waals surface area (Å²) in [5.41, 5.74) is 1.55. The zero-order valence-corrected chi connectivity index (χ0v) is 17.0. The number of ether oxygens (including phenoxy) is 3. The smallest absolute Gasteiger partial charge is 0.255 e. The van der Waals surface area contributed by atoms with Crippen molar-refractivity contribution in [1.82, 2.24) is 5.32 Å². The Kier molecular flexibility index (Phi) is 6.03. The van der Waals surface area contributed by atoms with E-state index in [1.165, 1.54) is 0 Å². The van der Waals surface area contributed by atoms with Gasteiger partial charge in [0.05, 0.1) is 13.7 Å². The maximum atomic E-state index is 12.4. The van der Waals surface area contributed by atoms with E-state index in [0.29, 0.717) is 47.2 Å². The number of methoxy groups -OCH3 is 1. The largest absolute Gasteiger partial charge is 0.497 e. The van der Waals surface area contributed by atoms with E-state index in [-0.39, 0.29) is 17.9 Å². The lowest BCUT2D eigenvalue weighted by atomic mass is 10.1. The molecule has 0 saturated carbocycles. The second kappa shape index (κ2) is 9.21. The molecule has 2 N–H and O–H groups in total. The number of hydrogen-bond acceptors (Lipinski definition) is 5. The normalized spacial score (nSPS) is 14.4. The van der Waals surface area contributed by atoms with Crippen molar-refractivity contribution in [3.8, 4) is 17.2 Å². The predicted molar refractivity (Wildman–Crippen MR) is 116 cm³/mol. The van der Waals surface area contributed by atoms with Gasteiger partial charge in [-0.1, -0.05) is 18.2 Å². The zero-order valence-electron chi connectivity index (χ0n) is 17.0. The average molecular weight is 418 g/mol. The van der Waals surface area contributed by atoms with Gasteiger partial charge in [-0.05, 0) is 54.6 Å². The van der Waals surface area contributed by atoms with Gasteiger partial charge in [0.2, 0.25) is 0 Å². The molecule has 1 aliphatic heterocycles. The maximum absolute atomic E-state index is 12.4. The molecule has 7 nitrogen and oxygen atoms in total. The first-order chi connectivity index (χ1) is 15.1. The summed E-state index contributed by atoms with van der Waals surface area (Å²) in [6.07, 6.45) is -0.264. The van der Waals surface area contributed by atoms with E-state index in [9.17, 15) is 9.59 Å². The Morgan fingerprint density at radius 1 is 0.935 bits per heavy atom. The van der Waals surface area contributed by atoms with Gasteiger partial charge in [-0.15, -0.1) is 0 Å². The number of rotatable bonds is 6. The molecule has 0 aromatic heterocycles. The number of para-hydroxylation sites is 2. The van der Waals surface area contributed by atoms with E-state index < -0.39 is 0 Å². The minimum absolute atomic E-state index is 0.229. The number of amides is 2. The fraction of sp³-hybridized carbons (Fsp3) is 0.167. The Labute approximate surface area is 179 Å². The number of carbonyl (C=O) groups is 2. The Morgan fingerprint density at radius 2 is 1.71 bits per heavy atom. The van der Waals surface area contributed by atoms with Crippen molar-refractivity contribution in [1.29, 1.82) is 0 Å². The van der Waals surface area contributed by atoms with Crippen molar-refractivity contribution in [3.05, 3.63) is 83.9 Å². The molecule has 0 fully saturated rings. The highest BCUT2D eigenvalue weighted by Gasteiger charge is 2.21. The van der Waals surface area contributed by atoms with Crippen molar-refractivity contribution in [2.45, 2.75) is 6.10 Å². The van der Waals surface area contributed by atoms with Gasteiger partial charge >= 0.3 is 0 Å². The van der Waals surface area contributed by atoms with Gasteiger partial charge in [-0.3, -0.25) is 9.59 Å². The topological polar surface area (TPSA) is 85.9 Å². The van der Waals surface area contributed by atoms with Crippen LogP contribution in [0.2, 0.25) is 0 Å². The number of fused-ring (bicyclic) bond motifs is 1. The molecule has 0 bridgehead atoms. The maximum Gasteiger partial charge on any atom is 0.255 e. The molecule has 0 spiro atoms. The fourth-order valence-electron chi connectivity index (χ4n) is 3.14. The third-order valence-corrected chi connectivity index (χ3v) is 4.79. The Hall–Kier alpha value is -4.00. The Morgan fingerprint density at radius 3 is 2.48 bits per heavy atom. The van der Waals surface area contributed by atoms with Crippen LogP contribution in [-0.2, 0) is 0 Å². The number of hydrogen-bond donors (Lipinski definition) is 2. The van der Waals surface area contributed by atoms with Crippen LogP contribution in [0.4, 0.5) is 5.69 Å². The Bertz CT molecular complexity index is 1080. The van der Waals surface area contributed by atoms with Gasteiger partial charge < -0.3 is 24.8 Å². The van der Waals surface area contributed by atoms with Gasteiger partial charge in [-0.25, -0.2) is 0 Å². The van der Waals surface area contributed by atoms with E-state index in [1.54, 1.807) is 55.6 Å². The van der Waals surface area contributed by atoms with Gasteiger partial charge in [0.1, 0.15) is 18.5 Å². The molecule has 0 radical (unpaired) electrons. The van der Waals surface area contributed by atoms with Crippen molar-refractivity contribution in [3.63, 3.8) is 0 Å². The second-order valence-corrected chi connectivity index (χ2v) is 6.97. The molecular weight excluding hydrogens is 396 g/mol. The summed E-state index contributed by atoms with van der Waals surface area (Å²) < 4.78 is 16.6. The van der Waals surface area contributed by atoms with Gasteiger partial charge in [-0.2, -0.15) is 0 Å². The minimum Gasteiger partial charge on any atom is -0.497 e. The molecule has 1 unspecified atom stereocenters. The SMILES string of the molecule is COc1cccc(C(=O)Nc2ccc(C(=O)NCC3COc4ccccc4O3)cc2)c1. The summed E-state index contributed by atoms with van der Waals surface area (Å²) in [6, 6.07) is 21.0. The molecule has 3 aromatic carbocycles. The molecule has 2 amide bonds. The first kappa shape index (κ1) is 20.3. The number of benzene rings is 3. The highest BCUT2D eigenvalue weighted by Crippen LogP contribution is 2.30. The molecule has 1 atom stereocenters. The monoisotopic (exact) mass is 418 g/mol. The van der Waals surface area contributed by atoms with Crippen LogP contribution in [0.15, 0.2) is 72.8 Å². The number of anilines is 1. The van der Waals surface area contributed by atoms with Crippen molar-refractivity contribution >= 4 is 17.5 Å². The molecule has 1 aliphatic rings. The van der Waals surface area contributed by atoms with E-state index >= 15 is 0 Å². The van der Waals surface area contributed by atoms with Crippen LogP contribution < -0.4 is 24.8 Å². The number of nitrogens with one attached hydrogen (secondary N) is 2. The lowest BCUT2D eigenvalue weighted by Crippen LogP contribution is -2.40. The molecule has 1 heterocycles. The first-order valence-electron chi connectivity index (χ1n) is 9.84. The van der Waals surface area contributed by atoms with Gasteiger partial charge in [0.15, 0.2) is 11.5 Å². The minimum atomic E-state index is -0.264. The Balaban J connectivity index is 1.30. The molecule has 3 aromatic rings. The van der Waals surface area contributed by atoms with Gasteiger partial charge in [0.25, 0.3) is 11.8 Å². The van der Waals surface area contributed by atoms with Gasteiger partial charge in [0, 0.05) is 16.8 Å².